The number of halogens is 2. The van der Waals surface area contributed by atoms with E-state index >= 15 is 0 Å². The van der Waals surface area contributed by atoms with E-state index in [0.29, 0.717) is 11.4 Å². The first-order valence-electron chi connectivity index (χ1n) is 5.64. The first-order valence-corrected chi connectivity index (χ1v) is 6.01. The number of hydrogen-bond acceptors (Lipinski definition) is 2. The topological polar surface area (TPSA) is 38.0 Å². The molecule has 18 heavy (non-hydrogen) atoms. The maximum Gasteiger partial charge on any atom is 0.143 e. The molecular weight excluding hydrogens is 251 g/mol. The van der Waals surface area contributed by atoms with Gasteiger partial charge in [0.2, 0.25) is 0 Å². The Balaban J connectivity index is 2.22. The van der Waals surface area contributed by atoms with Crippen LogP contribution in [0.2, 0.25) is 5.02 Å². The fraction of sp³-hybridized carbons (Fsp3) is 0.143. The average molecular weight is 265 g/mol. The Kier molecular flexibility index (Phi) is 3.72. The van der Waals surface area contributed by atoms with Gasteiger partial charge in [-0.3, -0.25) is 0 Å². The van der Waals surface area contributed by atoms with Crippen molar-refractivity contribution >= 4 is 23.0 Å². The van der Waals surface area contributed by atoms with Crippen molar-refractivity contribution in [3.8, 4) is 0 Å². The quantitative estimate of drug-likeness (QED) is 0.814. The van der Waals surface area contributed by atoms with Crippen LogP contribution in [-0.2, 0) is 0 Å². The van der Waals surface area contributed by atoms with Gasteiger partial charge < -0.3 is 11.1 Å². The Morgan fingerprint density at radius 1 is 1.22 bits per heavy atom. The zero-order valence-electron chi connectivity index (χ0n) is 9.95. The predicted octanol–water partition coefficient (Wildman–Crippen LogP) is 4.23. The normalized spacial score (nSPS) is 12.2. The molecule has 1 atom stereocenters. The SMILES string of the molecule is CC(Nc1cc(F)c(Cl)cc1N)c1ccccc1. The maximum atomic E-state index is 13.4. The van der Waals surface area contributed by atoms with Crippen LogP contribution in [0.1, 0.15) is 18.5 Å². The third-order valence-corrected chi connectivity index (χ3v) is 3.05. The van der Waals surface area contributed by atoms with Crippen LogP contribution in [0.4, 0.5) is 15.8 Å². The molecule has 0 spiro atoms. The lowest BCUT2D eigenvalue weighted by Crippen LogP contribution is -2.08. The molecular formula is C14H14ClFN2. The molecule has 4 heteroatoms. The highest BCUT2D eigenvalue weighted by molar-refractivity contribution is 6.31. The second kappa shape index (κ2) is 5.27. The van der Waals surface area contributed by atoms with Crippen molar-refractivity contribution in [2.45, 2.75) is 13.0 Å². The van der Waals surface area contributed by atoms with E-state index in [9.17, 15) is 4.39 Å². The third kappa shape index (κ3) is 2.74. The van der Waals surface area contributed by atoms with Gasteiger partial charge in [-0.2, -0.15) is 0 Å². The molecule has 0 saturated heterocycles. The fourth-order valence-corrected chi connectivity index (χ4v) is 1.92. The molecule has 0 aliphatic heterocycles. The summed E-state index contributed by atoms with van der Waals surface area (Å²) in [7, 11) is 0. The zero-order chi connectivity index (χ0) is 13.1. The maximum absolute atomic E-state index is 13.4. The summed E-state index contributed by atoms with van der Waals surface area (Å²) in [5, 5.41) is 3.20. The molecule has 2 nitrogen and oxygen atoms in total. The summed E-state index contributed by atoms with van der Waals surface area (Å²) in [5.41, 5.74) is 7.89. The summed E-state index contributed by atoms with van der Waals surface area (Å²) in [6.45, 7) is 1.99. The molecule has 0 fully saturated rings. The molecule has 0 bridgehead atoms. The van der Waals surface area contributed by atoms with Gasteiger partial charge in [0, 0.05) is 12.1 Å². The van der Waals surface area contributed by atoms with Crippen molar-refractivity contribution in [2.75, 3.05) is 11.1 Å². The minimum Gasteiger partial charge on any atom is -0.397 e. The van der Waals surface area contributed by atoms with Crippen molar-refractivity contribution in [1.29, 1.82) is 0 Å². The summed E-state index contributed by atoms with van der Waals surface area (Å²) in [4.78, 5) is 0. The number of hydrogen-bond donors (Lipinski definition) is 2. The van der Waals surface area contributed by atoms with Crippen LogP contribution >= 0.6 is 11.6 Å². The van der Waals surface area contributed by atoms with Gasteiger partial charge in [-0.05, 0) is 18.6 Å². The lowest BCUT2D eigenvalue weighted by molar-refractivity contribution is 0.628. The molecule has 0 aromatic heterocycles. The van der Waals surface area contributed by atoms with Gasteiger partial charge >= 0.3 is 0 Å². The van der Waals surface area contributed by atoms with Gasteiger partial charge in [0.05, 0.1) is 16.4 Å². The molecule has 0 aliphatic rings. The van der Waals surface area contributed by atoms with Gasteiger partial charge in [0.25, 0.3) is 0 Å². The fourth-order valence-electron chi connectivity index (χ4n) is 1.75. The molecule has 0 saturated carbocycles. The number of rotatable bonds is 3. The molecule has 0 aliphatic carbocycles. The minimum absolute atomic E-state index is 0.0328. The Morgan fingerprint density at radius 2 is 1.89 bits per heavy atom. The molecule has 0 radical (unpaired) electrons. The van der Waals surface area contributed by atoms with E-state index < -0.39 is 5.82 Å². The highest BCUT2D eigenvalue weighted by Crippen LogP contribution is 2.29. The molecule has 2 rings (SSSR count). The smallest absolute Gasteiger partial charge is 0.143 e. The minimum atomic E-state index is -0.478. The van der Waals surface area contributed by atoms with Crippen LogP contribution in [0.15, 0.2) is 42.5 Å². The molecule has 94 valence electrons. The summed E-state index contributed by atoms with van der Waals surface area (Å²) in [6.07, 6.45) is 0. The van der Waals surface area contributed by atoms with E-state index in [0.717, 1.165) is 5.56 Å². The summed E-state index contributed by atoms with van der Waals surface area (Å²) < 4.78 is 13.4. The molecule has 2 aromatic carbocycles. The van der Waals surface area contributed by atoms with Crippen LogP contribution in [0, 0.1) is 5.82 Å². The van der Waals surface area contributed by atoms with Gasteiger partial charge in [-0.15, -0.1) is 0 Å². The third-order valence-electron chi connectivity index (χ3n) is 2.76. The van der Waals surface area contributed by atoms with Gasteiger partial charge in [0.15, 0.2) is 0 Å². The van der Waals surface area contributed by atoms with E-state index in [4.69, 9.17) is 17.3 Å². The van der Waals surface area contributed by atoms with E-state index in [1.54, 1.807) is 0 Å². The van der Waals surface area contributed by atoms with Crippen molar-refractivity contribution in [1.82, 2.24) is 0 Å². The Bertz CT molecular complexity index is 543. The molecule has 1 unspecified atom stereocenters. The standard InChI is InChI=1S/C14H14ClFN2/c1-9(10-5-3-2-4-6-10)18-14-8-12(16)11(15)7-13(14)17/h2-9,18H,17H2,1H3. The number of benzene rings is 2. The second-order valence-electron chi connectivity index (χ2n) is 4.13. The molecule has 3 N–H and O–H groups in total. The molecule has 0 amide bonds. The van der Waals surface area contributed by atoms with Crippen molar-refractivity contribution in [3.63, 3.8) is 0 Å². The predicted molar refractivity (Wildman–Crippen MR) is 74.3 cm³/mol. The Labute approximate surface area is 111 Å². The van der Waals surface area contributed by atoms with Gasteiger partial charge in [-0.1, -0.05) is 41.9 Å². The van der Waals surface area contributed by atoms with Crippen LogP contribution in [0.5, 0.6) is 0 Å². The van der Waals surface area contributed by atoms with E-state index in [1.807, 2.05) is 37.3 Å². The second-order valence-corrected chi connectivity index (χ2v) is 4.54. The van der Waals surface area contributed by atoms with Crippen LogP contribution in [0.25, 0.3) is 0 Å². The van der Waals surface area contributed by atoms with E-state index in [-0.39, 0.29) is 11.1 Å². The Hall–Kier alpha value is -1.74. The van der Waals surface area contributed by atoms with Gasteiger partial charge in [0.1, 0.15) is 5.82 Å². The largest absolute Gasteiger partial charge is 0.397 e. The summed E-state index contributed by atoms with van der Waals surface area (Å²) in [5.74, 6) is -0.478. The summed E-state index contributed by atoms with van der Waals surface area (Å²) in [6, 6.07) is 12.6. The van der Waals surface area contributed by atoms with Crippen molar-refractivity contribution in [3.05, 3.63) is 58.9 Å². The van der Waals surface area contributed by atoms with Crippen molar-refractivity contribution < 1.29 is 4.39 Å². The highest BCUT2D eigenvalue weighted by Gasteiger charge is 2.10. The monoisotopic (exact) mass is 264 g/mol. The van der Waals surface area contributed by atoms with E-state index in [1.165, 1.54) is 12.1 Å². The van der Waals surface area contributed by atoms with Crippen LogP contribution < -0.4 is 11.1 Å². The first-order chi connectivity index (χ1) is 8.58. The lowest BCUT2D eigenvalue weighted by Gasteiger charge is -2.17. The number of anilines is 2. The highest BCUT2D eigenvalue weighted by atomic mass is 35.5. The van der Waals surface area contributed by atoms with E-state index in [2.05, 4.69) is 5.32 Å². The van der Waals surface area contributed by atoms with Gasteiger partial charge in [-0.25, -0.2) is 4.39 Å². The molecule has 2 aromatic rings. The van der Waals surface area contributed by atoms with Crippen LogP contribution in [0.3, 0.4) is 0 Å². The number of nitrogen functional groups attached to an aromatic ring is 1. The number of nitrogens with one attached hydrogen (secondary N) is 1. The van der Waals surface area contributed by atoms with Crippen LogP contribution in [-0.4, -0.2) is 0 Å². The average Bonchev–Trinajstić information content (AvgIpc) is 2.37. The Morgan fingerprint density at radius 3 is 2.56 bits per heavy atom. The first kappa shape index (κ1) is 12.7. The number of nitrogens with two attached hydrogens (primary N) is 1. The summed E-state index contributed by atoms with van der Waals surface area (Å²) >= 11 is 5.66. The molecule has 0 heterocycles. The van der Waals surface area contributed by atoms with Crippen molar-refractivity contribution in [2.24, 2.45) is 0 Å². The zero-order valence-corrected chi connectivity index (χ0v) is 10.7. The lowest BCUT2D eigenvalue weighted by atomic mass is 10.1.